The van der Waals surface area contributed by atoms with E-state index in [1.807, 2.05) is 0 Å². The van der Waals surface area contributed by atoms with E-state index in [2.05, 4.69) is 25.3 Å². The van der Waals surface area contributed by atoms with Gasteiger partial charge in [0.05, 0.1) is 11.1 Å². The van der Waals surface area contributed by atoms with Crippen molar-refractivity contribution in [3.05, 3.63) is 11.6 Å². The Bertz CT molecular complexity index is 710. The lowest BCUT2D eigenvalue weighted by Gasteiger charge is -2.23. The number of halogens is 1. The van der Waals surface area contributed by atoms with E-state index in [0.717, 1.165) is 0 Å². The summed E-state index contributed by atoms with van der Waals surface area (Å²) in [4.78, 5) is 14.8. The van der Waals surface area contributed by atoms with E-state index in [1.54, 1.807) is 13.8 Å². The number of fused-ring (bicyclic) bond motifs is 1. The molecule has 0 spiro atoms. The van der Waals surface area contributed by atoms with E-state index < -0.39 is 14.6 Å². The average Bonchev–Trinajstić information content (AvgIpc) is 2.72. The summed E-state index contributed by atoms with van der Waals surface area (Å²) in [5, 5.41) is 3.03. The molecule has 0 aliphatic carbocycles. The van der Waals surface area contributed by atoms with E-state index in [4.69, 9.17) is 11.6 Å². The highest BCUT2D eigenvalue weighted by Gasteiger charge is 2.30. The molecule has 0 unspecified atom stereocenters. The van der Waals surface area contributed by atoms with Crippen LogP contribution in [0.15, 0.2) is 6.33 Å². The van der Waals surface area contributed by atoms with Crippen molar-refractivity contribution >= 4 is 38.4 Å². The summed E-state index contributed by atoms with van der Waals surface area (Å²) in [5.74, 6) is 0.434. The highest BCUT2D eigenvalue weighted by molar-refractivity contribution is 7.92. The van der Waals surface area contributed by atoms with Crippen molar-refractivity contribution in [3.63, 3.8) is 0 Å². The molecule has 7 nitrogen and oxygen atoms in total. The van der Waals surface area contributed by atoms with E-state index >= 15 is 0 Å². The summed E-state index contributed by atoms with van der Waals surface area (Å²) < 4.78 is 22.4. The van der Waals surface area contributed by atoms with Gasteiger partial charge in [-0.15, -0.1) is 0 Å². The molecule has 2 heterocycles. The molecular weight excluding hydrogens is 290 g/mol. The molecule has 0 saturated carbocycles. The van der Waals surface area contributed by atoms with Crippen molar-refractivity contribution in [2.45, 2.75) is 18.6 Å². The van der Waals surface area contributed by atoms with Gasteiger partial charge in [0.2, 0.25) is 5.28 Å². The van der Waals surface area contributed by atoms with E-state index in [1.165, 1.54) is 12.6 Å². The van der Waals surface area contributed by atoms with Gasteiger partial charge < -0.3 is 10.3 Å². The maximum Gasteiger partial charge on any atom is 0.226 e. The summed E-state index contributed by atoms with van der Waals surface area (Å²) in [5.41, 5.74) is 1.02. The van der Waals surface area contributed by atoms with E-state index in [9.17, 15) is 8.42 Å². The third-order valence-electron chi connectivity index (χ3n) is 2.94. The second-order valence-electron chi connectivity index (χ2n) is 4.83. The highest BCUT2D eigenvalue weighted by atomic mass is 35.5. The van der Waals surface area contributed by atoms with E-state index in [0.29, 0.717) is 17.0 Å². The number of H-pyrrole nitrogens is 1. The van der Waals surface area contributed by atoms with Crippen molar-refractivity contribution in [2.75, 3.05) is 18.1 Å². The zero-order chi connectivity index (χ0) is 14.3. The predicted molar refractivity (Wildman–Crippen MR) is 74.1 cm³/mol. The van der Waals surface area contributed by atoms with Crippen LogP contribution in [0.4, 0.5) is 5.82 Å². The summed E-state index contributed by atoms with van der Waals surface area (Å²) in [6.07, 6.45) is 2.68. The number of nitrogens with one attached hydrogen (secondary N) is 2. The molecule has 2 aromatic heterocycles. The highest BCUT2D eigenvalue weighted by Crippen LogP contribution is 2.21. The molecule has 0 saturated heterocycles. The quantitative estimate of drug-likeness (QED) is 0.824. The van der Waals surface area contributed by atoms with Crippen LogP contribution in [0.2, 0.25) is 5.28 Å². The van der Waals surface area contributed by atoms with Crippen LogP contribution in [0, 0.1) is 0 Å². The number of sulfone groups is 1. The Morgan fingerprint density at radius 3 is 2.74 bits per heavy atom. The molecular formula is C10H14ClN5O2S. The molecule has 2 rings (SSSR count). The second-order valence-corrected chi connectivity index (χ2v) is 7.82. The molecule has 2 aromatic rings. The minimum Gasteiger partial charge on any atom is -0.367 e. The Kier molecular flexibility index (Phi) is 3.40. The lowest BCUT2D eigenvalue weighted by molar-refractivity contribution is 0.559. The topological polar surface area (TPSA) is 101 Å². The van der Waals surface area contributed by atoms with Gasteiger partial charge in [-0.1, -0.05) is 0 Å². The normalized spacial score (nSPS) is 12.8. The van der Waals surface area contributed by atoms with Crippen LogP contribution >= 0.6 is 11.6 Å². The summed E-state index contributed by atoms with van der Waals surface area (Å²) in [7, 11) is -3.19. The van der Waals surface area contributed by atoms with Gasteiger partial charge >= 0.3 is 0 Å². The lowest BCUT2D eigenvalue weighted by atomic mass is 10.2. The fraction of sp³-hybridized carbons (Fsp3) is 0.500. The minimum atomic E-state index is -3.19. The van der Waals surface area contributed by atoms with Gasteiger partial charge in [0.15, 0.2) is 21.3 Å². The number of hydrogen-bond donors (Lipinski definition) is 2. The van der Waals surface area contributed by atoms with E-state index in [-0.39, 0.29) is 11.8 Å². The van der Waals surface area contributed by atoms with Gasteiger partial charge in [0.25, 0.3) is 0 Å². The fourth-order valence-electron chi connectivity index (χ4n) is 1.36. The van der Waals surface area contributed by atoms with Crippen molar-refractivity contribution in [1.82, 2.24) is 19.9 Å². The predicted octanol–water partition coefficient (Wildman–Crippen LogP) is 1.24. The first kappa shape index (κ1) is 14.0. The molecule has 0 bridgehead atoms. The van der Waals surface area contributed by atoms with Gasteiger partial charge in [-0.3, -0.25) is 0 Å². The molecule has 2 N–H and O–H groups in total. The van der Waals surface area contributed by atoms with Gasteiger partial charge in [0.1, 0.15) is 5.52 Å². The van der Waals surface area contributed by atoms with Crippen LogP contribution in [-0.4, -0.2) is 45.9 Å². The maximum atomic E-state index is 11.6. The zero-order valence-corrected chi connectivity index (χ0v) is 12.3. The second kappa shape index (κ2) is 4.61. The third-order valence-corrected chi connectivity index (χ3v) is 5.26. The molecule has 0 aromatic carbocycles. The molecule has 0 aliphatic heterocycles. The Balaban J connectivity index is 2.30. The first-order chi connectivity index (χ1) is 8.71. The van der Waals surface area contributed by atoms with Crippen molar-refractivity contribution in [2.24, 2.45) is 0 Å². The Hall–Kier alpha value is -1.41. The number of anilines is 1. The first-order valence-electron chi connectivity index (χ1n) is 5.51. The smallest absolute Gasteiger partial charge is 0.226 e. The zero-order valence-electron chi connectivity index (χ0n) is 10.7. The third kappa shape index (κ3) is 2.79. The Labute approximate surface area is 115 Å². The average molecular weight is 304 g/mol. The maximum absolute atomic E-state index is 11.6. The van der Waals surface area contributed by atoms with Crippen molar-refractivity contribution in [1.29, 1.82) is 0 Å². The largest absolute Gasteiger partial charge is 0.367 e. The number of rotatable bonds is 4. The summed E-state index contributed by atoms with van der Waals surface area (Å²) in [6, 6.07) is 0. The van der Waals surface area contributed by atoms with Gasteiger partial charge in [0, 0.05) is 12.8 Å². The monoisotopic (exact) mass is 303 g/mol. The molecule has 19 heavy (non-hydrogen) atoms. The molecule has 0 radical (unpaired) electrons. The minimum absolute atomic E-state index is 0.0549. The van der Waals surface area contributed by atoms with Crippen LogP contribution < -0.4 is 5.32 Å². The lowest BCUT2D eigenvalue weighted by Crippen LogP contribution is -2.38. The van der Waals surface area contributed by atoms with Crippen molar-refractivity contribution < 1.29 is 8.42 Å². The Morgan fingerprint density at radius 1 is 1.42 bits per heavy atom. The van der Waals surface area contributed by atoms with Crippen LogP contribution in [0.3, 0.4) is 0 Å². The molecule has 0 fully saturated rings. The molecule has 0 aliphatic rings. The first-order valence-corrected chi connectivity index (χ1v) is 7.78. The molecule has 9 heteroatoms. The van der Waals surface area contributed by atoms with Crippen LogP contribution in [0.5, 0.6) is 0 Å². The number of aromatic nitrogens is 4. The standard InChI is InChI=1S/C10H14ClN5O2S/c1-10(2,19(3,17)18)4-12-7-6-8(14-5-13-6)16-9(11)15-7/h5H,4H2,1-3H3,(H2,12,13,14,15,16). The van der Waals surface area contributed by atoms with Crippen LogP contribution in [0.25, 0.3) is 11.2 Å². The van der Waals surface area contributed by atoms with Gasteiger partial charge in [-0.05, 0) is 25.4 Å². The molecule has 104 valence electrons. The molecule has 0 amide bonds. The molecule has 0 atom stereocenters. The Morgan fingerprint density at radius 2 is 2.11 bits per heavy atom. The van der Waals surface area contributed by atoms with Gasteiger partial charge in [-0.25, -0.2) is 13.4 Å². The number of hydrogen-bond acceptors (Lipinski definition) is 6. The number of imidazole rings is 1. The van der Waals surface area contributed by atoms with Gasteiger partial charge in [-0.2, -0.15) is 9.97 Å². The SMILES string of the molecule is CC(C)(CNc1nc(Cl)nc2nc[nH]c12)S(C)(=O)=O. The summed E-state index contributed by atoms with van der Waals surface area (Å²) in [6.45, 7) is 3.48. The number of aromatic amines is 1. The summed E-state index contributed by atoms with van der Waals surface area (Å²) >= 11 is 5.79. The van der Waals surface area contributed by atoms with Crippen LogP contribution in [-0.2, 0) is 9.84 Å². The van der Waals surface area contributed by atoms with Crippen LogP contribution in [0.1, 0.15) is 13.8 Å². The number of nitrogens with zero attached hydrogens (tertiary/aromatic N) is 3. The van der Waals surface area contributed by atoms with Crippen molar-refractivity contribution in [3.8, 4) is 0 Å². The fourth-order valence-corrected chi connectivity index (χ4v) is 1.86.